The summed E-state index contributed by atoms with van der Waals surface area (Å²) in [6, 6.07) is -0.0721. The first-order chi connectivity index (χ1) is 6.52. The SMILES string of the molecule is CC(CC(=O)O)NCC1(O)CCCC1. The summed E-state index contributed by atoms with van der Waals surface area (Å²) in [6.07, 6.45) is 3.92. The minimum absolute atomic E-state index is 0.0721. The number of nitrogens with one attached hydrogen (secondary N) is 1. The highest BCUT2D eigenvalue weighted by atomic mass is 16.4. The van der Waals surface area contributed by atoms with Crippen molar-refractivity contribution in [1.82, 2.24) is 5.32 Å². The fourth-order valence-electron chi connectivity index (χ4n) is 1.91. The second-order valence-electron chi connectivity index (χ2n) is 4.31. The third-order valence-corrected chi connectivity index (χ3v) is 2.79. The molecule has 0 aromatic rings. The monoisotopic (exact) mass is 201 g/mol. The van der Waals surface area contributed by atoms with Gasteiger partial charge in [0.05, 0.1) is 12.0 Å². The Hall–Kier alpha value is -0.610. The van der Waals surface area contributed by atoms with Gasteiger partial charge >= 0.3 is 5.97 Å². The normalized spacial score (nSPS) is 22.1. The summed E-state index contributed by atoms with van der Waals surface area (Å²) in [5.74, 6) is -0.802. The van der Waals surface area contributed by atoms with Gasteiger partial charge in [0.15, 0.2) is 0 Å². The van der Waals surface area contributed by atoms with Crippen LogP contribution >= 0.6 is 0 Å². The van der Waals surface area contributed by atoms with E-state index in [1.807, 2.05) is 6.92 Å². The molecule has 0 heterocycles. The number of aliphatic hydroxyl groups is 1. The lowest BCUT2D eigenvalue weighted by atomic mass is 10.0. The minimum Gasteiger partial charge on any atom is -0.481 e. The van der Waals surface area contributed by atoms with Crippen LogP contribution in [-0.2, 0) is 4.79 Å². The standard InChI is InChI=1S/C10H19NO3/c1-8(6-9(12)13)11-7-10(14)4-2-3-5-10/h8,11,14H,2-7H2,1H3,(H,12,13). The number of hydrogen-bond donors (Lipinski definition) is 3. The first-order valence-electron chi connectivity index (χ1n) is 5.19. The summed E-state index contributed by atoms with van der Waals surface area (Å²) in [4.78, 5) is 10.4. The van der Waals surface area contributed by atoms with Gasteiger partial charge in [-0.05, 0) is 19.8 Å². The molecule has 0 aliphatic heterocycles. The number of aliphatic carboxylic acids is 1. The van der Waals surface area contributed by atoms with Crippen LogP contribution < -0.4 is 5.32 Å². The lowest BCUT2D eigenvalue weighted by molar-refractivity contribution is -0.137. The largest absolute Gasteiger partial charge is 0.481 e. The molecule has 82 valence electrons. The van der Waals surface area contributed by atoms with E-state index in [2.05, 4.69) is 5.32 Å². The molecule has 1 atom stereocenters. The molecule has 1 rings (SSSR count). The van der Waals surface area contributed by atoms with E-state index in [4.69, 9.17) is 5.11 Å². The van der Waals surface area contributed by atoms with Gasteiger partial charge in [0.25, 0.3) is 0 Å². The van der Waals surface area contributed by atoms with Crippen LogP contribution in [0.5, 0.6) is 0 Å². The predicted molar refractivity (Wildman–Crippen MR) is 53.1 cm³/mol. The maximum Gasteiger partial charge on any atom is 0.304 e. The minimum atomic E-state index is -0.802. The van der Waals surface area contributed by atoms with E-state index in [1.54, 1.807) is 0 Å². The van der Waals surface area contributed by atoms with Crippen LogP contribution in [0, 0.1) is 0 Å². The van der Waals surface area contributed by atoms with Crippen molar-refractivity contribution in [3.63, 3.8) is 0 Å². The zero-order chi connectivity index (χ0) is 10.6. The summed E-state index contributed by atoms with van der Waals surface area (Å²) in [6.45, 7) is 2.34. The lowest BCUT2D eigenvalue weighted by Gasteiger charge is -2.24. The van der Waals surface area contributed by atoms with Gasteiger partial charge < -0.3 is 15.5 Å². The zero-order valence-electron chi connectivity index (χ0n) is 8.62. The van der Waals surface area contributed by atoms with Crippen molar-refractivity contribution in [3.8, 4) is 0 Å². The van der Waals surface area contributed by atoms with E-state index in [0.717, 1.165) is 25.7 Å². The molecule has 1 saturated carbocycles. The molecular weight excluding hydrogens is 182 g/mol. The van der Waals surface area contributed by atoms with Crippen LogP contribution in [-0.4, -0.2) is 34.4 Å². The summed E-state index contributed by atoms with van der Waals surface area (Å²) in [7, 11) is 0. The van der Waals surface area contributed by atoms with Gasteiger partial charge in [-0.1, -0.05) is 12.8 Å². The van der Waals surface area contributed by atoms with Crippen molar-refractivity contribution in [2.45, 2.75) is 50.7 Å². The van der Waals surface area contributed by atoms with Gasteiger partial charge in [0.1, 0.15) is 0 Å². The van der Waals surface area contributed by atoms with Gasteiger partial charge in [0.2, 0.25) is 0 Å². The number of carboxylic acids is 1. The Bertz CT molecular complexity index is 200. The highest BCUT2D eigenvalue weighted by Crippen LogP contribution is 2.28. The van der Waals surface area contributed by atoms with Crippen LogP contribution in [0.2, 0.25) is 0 Å². The number of carboxylic acid groups (broad SMARTS) is 1. The van der Waals surface area contributed by atoms with E-state index in [1.165, 1.54) is 0 Å². The summed E-state index contributed by atoms with van der Waals surface area (Å²) in [5.41, 5.74) is -0.591. The molecule has 0 spiro atoms. The summed E-state index contributed by atoms with van der Waals surface area (Å²) >= 11 is 0. The van der Waals surface area contributed by atoms with Crippen molar-refractivity contribution in [2.24, 2.45) is 0 Å². The van der Waals surface area contributed by atoms with E-state index in [9.17, 15) is 9.90 Å². The summed E-state index contributed by atoms with van der Waals surface area (Å²) < 4.78 is 0. The van der Waals surface area contributed by atoms with Crippen molar-refractivity contribution in [2.75, 3.05) is 6.54 Å². The highest BCUT2D eigenvalue weighted by Gasteiger charge is 2.30. The molecule has 0 bridgehead atoms. The second-order valence-corrected chi connectivity index (χ2v) is 4.31. The molecule has 1 unspecified atom stereocenters. The molecule has 14 heavy (non-hydrogen) atoms. The average molecular weight is 201 g/mol. The van der Waals surface area contributed by atoms with E-state index in [0.29, 0.717) is 6.54 Å². The van der Waals surface area contributed by atoms with Gasteiger partial charge in [-0.25, -0.2) is 0 Å². The Labute approximate surface area is 84.3 Å². The van der Waals surface area contributed by atoms with Crippen LogP contribution in [0.25, 0.3) is 0 Å². The van der Waals surface area contributed by atoms with Crippen molar-refractivity contribution in [1.29, 1.82) is 0 Å². The Balaban J connectivity index is 2.22. The number of rotatable bonds is 5. The molecule has 3 N–H and O–H groups in total. The lowest BCUT2D eigenvalue weighted by Crippen LogP contribution is -2.42. The molecule has 0 aromatic carbocycles. The molecule has 1 aliphatic rings. The molecule has 4 nitrogen and oxygen atoms in total. The molecule has 4 heteroatoms. The van der Waals surface area contributed by atoms with Crippen molar-refractivity contribution in [3.05, 3.63) is 0 Å². The first-order valence-corrected chi connectivity index (χ1v) is 5.19. The average Bonchev–Trinajstić information content (AvgIpc) is 2.49. The van der Waals surface area contributed by atoms with Crippen LogP contribution in [0.1, 0.15) is 39.0 Å². The first kappa shape index (κ1) is 11.5. The molecule has 1 aliphatic carbocycles. The number of hydrogen-bond acceptors (Lipinski definition) is 3. The topological polar surface area (TPSA) is 69.6 Å². The zero-order valence-corrected chi connectivity index (χ0v) is 8.62. The predicted octanol–water partition coefficient (Wildman–Crippen LogP) is 0.744. The molecular formula is C10H19NO3. The molecule has 1 fully saturated rings. The van der Waals surface area contributed by atoms with Gasteiger partial charge in [-0.15, -0.1) is 0 Å². The maximum atomic E-state index is 10.4. The Kier molecular flexibility index (Phi) is 3.89. The van der Waals surface area contributed by atoms with Crippen LogP contribution in [0.15, 0.2) is 0 Å². The molecule has 0 aromatic heterocycles. The Morgan fingerprint density at radius 3 is 2.57 bits per heavy atom. The van der Waals surface area contributed by atoms with E-state index < -0.39 is 11.6 Å². The molecule has 0 radical (unpaired) electrons. The van der Waals surface area contributed by atoms with Crippen LogP contribution in [0.4, 0.5) is 0 Å². The highest BCUT2D eigenvalue weighted by molar-refractivity contribution is 5.67. The Morgan fingerprint density at radius 2 is 2.07 bits per heavy atom. The summed E-state index contributed by atoms with van der Waals surface area (Å²) in [5, 5.41) is 21.6. The molecule has 0 amide bonds. The second kappa shape index (κ2) is 4.75. The molecule has 0 saturated heterocycles. The number of carbonyl (C=O) groups is 1. The van der Waals surface area contributed by atoms with E-state index in [-0.39, 0.29) is 12.5 Å². The van der Waals surface area contributed by atoms with E-state index >= 15 is 0 Å². The van der Waals surface area contributed by atoms with Crippen LogP contribution in [0.3, 0.4) is 0 Å². The Morgan fingerprint density at radius 1 is 1.50 bits per heavy atom. The fraction of sp³-hybridized carbons (Fsp3) is 0.900. The quantitative estimate of drug-likeness (QED) is 0.613. The smallest absolute Gasteiger partial charge is 0.304 e. The third-order valence-electron chi connectivity index (χ3n) is 2.79. The maximum absolute atomic E-state index is 10.4. The third kappa shape index (κ3) is 3.64. The van der Waals surface area contributed by atoms with Gasteiger partial charge in [-0.3, -0.25) is 4.79 Å². The van der Waals surface area contributed by atoms with Gasteiger partial charge in [0, 0.05) is 12.6 Å². The van der Waals surface area contributed by atoms with Crippen molar-refractivity contribution >= 4 is 5.97 Å². The fourth-order valence-corrected chi connectivity index (χ4v) is 1.91. The van der Waals surface area contributed by atoms with Gasteiger partial charge in [-0.2, -0.15) is 0 Å². The van der Waals surface area contributed by atoms with Crippen molar-refractivity contribution < 1.29 is 15.0 Å².